The topological polar surface area (TPSA) is 87.7 Å². The molecule has 1 fully saturated rings. The third-order valence-corrected chi connectivity index (χ3v) is 4.89. The van der Waals surface area contributed by atoms with Crippen LogP contribution < -0.4 is 15.4 Å². The monoisotopic (exact) mass is 422 g/mol. The van der Waals surface area contributed by atoms with E-state index in [-0.39, 0.29) is 18.8 Å². The van der Waals surface area contributed by atoms with Crippen molar-refractivity contribution in [2.45, 2.75) is 32.6 Å². The maximum absolute atomic E-state index is 12.7. The molecule has 0 heterocycles. The van der Waals surface area contributed by atoms with Crippen LogP contribution in [-0.4, -0.2) is 36.7 Å². The summed E-state index contributed by atoms with van der Waals surface area (Å²) in [5.41, 5.74) is 2.66. The zero-order chi connectivity index (χ0) is 22.2. The summed E-state index contributed by atoms with van der Waals surface area (Å²) in [6.07, 6.45) is 4.09. The van der Waals surface area contributed by atoms with Gasteiger partial charge in [0.1, 0.15) is 11.4 Å². The van der Waals surface area contributed by atoms with Crippen molar-refractivity contribution >= 4 is 17.9 Å². The Hall–Kier alpha value is -3.12. The number of ether oxygens (including phenoxy) is 1. The van der Waals surface area contributed by atoms with Crippen molar-refractivity contribution in [1.82, 2.24) is 10.6 Å². The molecule has 0 aromatic heterocycles. The van der Waals surface area contributed by atoms with Gasteiger partial charge in [0.15, 0.2) is 0 Å². The Morgan fingerprint density at radius 2 is 1.77 bits per heavy atom. The van der Waals surface area contributed by atoms with E-state index in [9.17, 15) is 9.59 Å². The molecule has 2 aromatic rings. The molecule has 31 heavy (non-hydrogen) atoms. The fourth-order valence-corrected chi connectivity index (χ4v) is 3.03. The van der Waals surface area contributed by atoms with Crippen LogP contribution in [0.3, 0.4) is 0 Å². The number of carbonyl (C=O) groups is 2. The van der Waals surface area contributed by atoms with Gasteiger partial charge in [-0.15, -0.1) is 0 Å². The maximum atomic E-state index is 12.7. The summed E-state index contributed by atoms with van der Waals surface area (Å²) in [6, 6.07) is 14.8. The molecule has 6 heteroatoms. The second kappa shape index (κ2) is 10.8. The fourth-order valence-electron chi connectivity index (χ4n) is 3.03. The summed E-state index contributed by atoms with van der Waals surface area (Å²) in [5, 5.41) is 14.3. The number of rotatable bonds is 10. The van der Waals surface area contributed by atoms with Crippen LogP contribution in [0.4, 0.5) is 0 Å². The number of amides is 2. The number of carbonyl (C=O) groups excluding carboxylic acids is 2. The molecule has 3 rings (SSSR count). The number of aliphatic hydroxyl groups is 1. The molecule has 0 radical (unpaired) electrons. The van der Waals surface area contributed by atoms with Gasteiger partial charge in [0.25, 0.3) is 11.8 Å². The molecule has 0 unspecified atom stereocenters. The van der Waals surface area contributed by atoms with Gasteiger partial charge < -0.3 is 20.5 Å². The molecule has 0 aliphatic heterocycles. The highest BCUT2D eigenvalue weighted by Crippen LogP contribution is 2.39. The second-order valence-corrected chi connectivity index (χ2v) is 8.16. The molecule has 164 valence electrons. The molecular weight excluding hydrogens is 392 g/mol. The van der Waals surface area contributed by atoms with E-state index in [2.05, 4.69) is 36.6 Å². The Bertz CT molecular complexity index is 914. The molecule has 1 saturated carbocycles. The molecule has 2 amide bonds. The first-order valence-corrected chi connectivity index (χ1v) is 10.7. The molecular formula is C25H30N2O4. The lowest BCUT2D eigenvalue weighted by Crippen LogP contribution is -2.36. The zero-order valence-corrected chi connectivity index (χ0v) is 18.1. The van der Waals surface area contributed by atoms with E-state index in [0.29, 0.717) is 29.8 Å². The minimum atomic E-state index is -0.453. The summed E-state index contributed by atoms with van der Waals surface area (Å²) in [5.74, 6) is 0.905. The van der Waals surface area contributed by atoms with Crippen LogP contribution >= 0.6 is 0 Å². The molecule has 2 aromatic carbocycles. The first-order chi connectivity index (χ1) is 15.0. The zero-order valence-electron chi connectivity index (χ0n) is 18.1. The number of hydrogen-bond acceptors (Lipinski definition) is 4. The summed E-state index contributed by atoms with van der Waals surface area (Å²) < 4.78 is 5.64. The molecule has 1 aliphatic rings. The molecule has 6 nitrogen and oxygen atoms in total. The number of hydrogen-bond donors (Lipinski definition) is 3. The van der Waals surface area contributed by atoms with Gasteiger partial charge >= 0.3 is 0 Å². The summed E-state index contributed by atoms with van der Waals surface area (Å²) in [7, 11) is 0. The Balaban J connectivity index is 1.72. The molecule has 0 atom stereocenters. The van der Waals surface area contributed by atoms with E-state index in [1.165, 1.54) is 18.4 Å². The van der Waals surface area contributed by atoms with Gasteiger partial charge in [0, 0.05) is 12.1 Å². The van der Waals surface area contributed by atoms with Crippen molar-refractivity contribution in [3.8, 4) is 5.75 Å². The highest BCUT2D eigenvalue weighted by atomic mass is 16.5. The predicted molar refractivity (Wildman–Crippen MR) is 121 cm³/mol. The Labute approximate surface area is 183 Å². The van der Waals surface area contributed by atoms with Gasteiger partial charge in [0.2, 0.25) is 0 Å². The lowest BCUT2D eigenvalue weighted by Gasteiger charge is -2.12. The van der Waals surface area contributed by atoms with Gasteiger partial charge in [-0.05, 0) is 66.1 Å². The van der Waals surface area contributed by atoms with Gasteiger partial charge in [-0.25, -0.2) is 0 Å². The van der Waals surface area contributed by atoms with Crippen LogP contribution in [-0.2, 0) is 4.79 Å². The largest absolute Gasteiger partial charge is 0.493 e. The first-order valence-electron chi connectivity index (χ1n) is 10.7. The highest BCUT2D eigenvalue weighted by Gasteiger charge is 2.23. The van der Waals surface area contributed by atoms with E-state index in [0.717, 1.165) is 5.56 Å². The van der Waals surface area contributed by atoms with Crippen molar-refractivity contribution < 1.29 is 19.4 Å². The molecule has 0 bridgehead atoms. The third kappa shape index (κ3) is 6.96. The van der Waals surface area contributed by atoms with Crippen molar-refractivity contribution in [1.29, 1.82) is 0 Å². The number of nitrogens with one attached hydrogen (secondary N) is 2. The summed E-state index contributed by atoms with van der Waals surface area (Å²) >= 11 is 0. The van der Waals surface area contributed by atoms with Gasteiger partial charge in [0.05, 0.1) is 13.2 Å². The van der Waals surface area contributed by atoms with Crippen LogP contribution in [0.15, 0.2) is 54.2 Å². The Morgan fingerprint density at radius 3 is 2.35 bits per heavy atom. The SMILES string of the molecule is CC(C)COc1ccc(C(=O)N/C(=C\c2ccc(C3CC3)cc2)C(=O)NCCO)cc1. The number of aliphatic hydroxyl groups excluding tert-OH is 1. The minimum Gasteiger partial charge on any atom is -0.493 e. The maximum Gasteiger partial charge on any atom is 0.267 e. The fraction of sp³-hybridized carbons (Fsp3) is 0.360. The van der Waals surface area contributed by atoms with Crippen LogP contribution in [0.25, 0.3) is 6.08 Å². The summed E-state index contributed by atoms with van der Waals surface area (Å²) in [6.45, 7) is 4.66. The van der Waals surface area contributed by atoms with Crippen LogP contribution in [0.5, 0.6) is 5.75 Å². The lowest BCUT2D eigenvalue weighted by molar-refractivity contribution is -0.117. The average molecular weight is 423 g/mol. The van der Waals surface area contributed by atoms with Crippen molar-refractivity contribution in [2.75, 3.05) is 19.8 Å². The smallest absolute Gasteiger partial charge is 0.267 e. The van der Waals surface area contributed by atoms with Gasteiger partial charge in [-0.3, -0.25) is 9.59 Å². The van der Waals surface area contributed by atoms with E-state index < -0.39 is 11.8 Å². The molecule has 1 aliphatic carbocycles. The van der Waals surface area contributed by atoms with Gasteiger partial charge in [-0.1, -0.05) is 38.1 Å². The Morgan fingerprint density at radius 1 is 1.10 bits per heavy atom. The molecule has 0 saturated heterocycles. The minimum absolute atomic E-state index is 0.106. The lowest BCUT2D eigenvalue weighted by atomic mass is 10.1. The van der Waals surface area contributed by atoms with E-state index in [4.69, 9.17) is 9.84 Å². The van der Waals surface area contributed by atoms with E-state index in [1.54, 1.807) is 30.3 Å². The quantitative estimate of drug-likeness (QED) is 0.512. The first kappa shape index (κ1) is 22.6. The normalized spacial score (nSPS) is 13.7. The number of benzene rings is 2. The predicted octanol–water partition coefficient (Wildman–Crippen LogP) is 3.48. The molecule has 3 N–H and O–H groups in total. The molecule has 0 spiro atoms. The average Bonchev–Trinajstić information content (AvgIpc) is 3.62. The van der Waals surface area contributed by atoms with Crippen molar-refractivity contribution in [3.63, 3.8) is 0 Å². The Kier molecular flexibility index (Phi) is 7.84. The van der Waals surface area contributed by atoms with Crippen molar-refractivity contribution in [3.05, 3.63) is 70.9 Å². The van der Waals surface area contributed by atoms with Crippen LogP contribution in [0.1, 0.15) is 54.1 Å². The van der Waals surface area contributed by atoms with Crippen LogP contribution in [0, 0.1) is 5.92 Å². The summed E-state index contributed by atoms with van der Waals surface area (Å²) in [4.78, 5) is 25.3. The van der Waals surface area contributed by atoms with E-state index in [1.807, 2.05) is 12.1 Å². The third-order valence-electron chi connectivity index (χ3n) is 4.89. The highest BCUT2D eigenvalue weighted by molar-refractivity contribution is 6.05. The van der Waals surface area contributed by atoms with Gasteiger partial charge in [-0.2, -0.15) is 0 Å². The van der Waals surface area contributed by atoms with Crippen molar-refractivity contribution in [2.24, 2.45) is 5.92 Å². The van der Waals surface area contributed by atoms with Crippen LogP contribution in [0.2, 0.25) is 0 Å². The second-order valence-electron chi connectivity index (χ2n) is 8.16. The standard InChI is InChI=1S/C25H30N2O4/c1-17(2)16-31-22-11-9-21(10-12-22)24(29)27-23(25(30)26-13-14-28)15-18-3-5-19(6-4-18)20-7-8-20/h3-6,9-12,15,17,20,28H,7-8,13-14,16H2,1-2H3,(H,26,30)(H,27,29)/b23-15-. The van der Waals surface area contributed by atoms with E-state index >= 15 is 0 Å².